The van der Waals surface area contributed by atoms with Gasteiger partial charge in [0.1, 0.15) is 5.54 Å². The van der Waals surface area contributed by atoms with Crippen molar-refractivity contribution in [3.8, 4) is 0 Å². The van der Waals surface area contributed by atoms with E-state index < -0.39 is 5.54 Å². The summed E-state index contributed by atoms with van der Waals surface area (Å²) in [5, 5.41) is 3.81. The largest absolute Gasteiger partial charge is 0.368 e. The van der Waals surface area contributed by atoms with Crippen molar-refractivity contribution < 1.29 is 9.59 Å². The molecule has 4 rings (SSSR count). The monoisotopic (exact) mass is 432 g/mol. The van der Waals surface area contributed by atoms with Gasteiger partial charge >= 0.3 is 6.03 Å². The van der Waals surface area contributed by atoms with Gasteiger partial charge in [0.2, 0.25) is 0 Å². The molecule has 0 radical (unpaired) electrons. The van der Waals surface area contributed by atoms with Crippen LogP contribution in [0.1, 0.15) is 46.5 Å². The lowest BCUT2D eigenvalue weighted by Crippen LogP contribution is -2.53. The average molecular weight is 433 g/mol. The van der Waals surface area contributed by atoms with E-state index in [1.54, 1.807) is 0 Å². The van der Waals surface area contributed by atoms with E-state index in [4.69, 9.17) is 11.6 Å². The van der Waals surface area contributed by atoms with E-state index >= 15 is 0 Å². The first-order valence-corrected chi connectivity index (χ1v) is 11.4. The lowest BCUT2D eigenvalue weighted by molar-refractivity contribution is -0.134. The molecule has 1 spiro atoms. The van der Waals surface area contributed by atoms with Gasteiger partial charge < -0.3 is 10.2 Å². The predicted molar refractivity (Wildman–Crippen MR) is 120 cm³/mol. The zero-order valence-electron chi connectivity index (χ0n) is 18.3. The summed E-state index contributed by atoms with van der Waals surface area (Å²) in [6.45, 7) is 10.4. The van der Waals surface area contributed by atoms with Gasteiger partial charge in [-0.05, 0) is 49.1 Å². The van der Waals surface area contributed by atoms with Crippen LogP contribution in [0, 0.1) is 11.3 Å². The maximum atomic E-state index is 13.2. The predicted octanol–water partition coefficient (Wildman–Crippen LogP) is 3.95. The van der Waals surface area contributed by atoms with Gasteiger partial charge in [0.05, 0.1) is 17.4 Å². The molecular weight excluding hydrogens is 400 g/mol. The molecular formula is C23H33ClN4O2. The lowest BCUT2D eigenvalue weighted by atomic mass is 9.67. The van der Waals surface area contributed by atoms with Gasteiger partial charge in [0.25, 0.3) is 5.91 Å². The SMILES string of the molecule is CC(C)(C)C1CCC2(CC1)NC(=O)N(CN1CCN(c3ccccc3Cl)CC1)C2=O. The average Bonchev–Trinajstić information content (AvgIpc) is 2.93. The van der Waals surface area contributed by atoms with E-state index in [2.05, 4.69) is 35.9 Å². The number of para-hydroxylation sites is 1. The topological polar surface area (TPSA) is 55.9 Å². The number of piperazine rings is 1. The molecule has 3 aliphatic rings. The quantitative estimate of drug-likeness (QED) is 0.735. The number of halogens is 1. The fraction of sp³-hybridized carbons (Fsp3) is 0.652. The number of nitrogens with zero attached hydrogens (tertiary/aromatic N) is 3. The first kappa shape index (κ1) is 21.4. The Kier molecular flexibility index (Phi) is 5.75. The molecule has 0 bridgehead atoms. The van der Waals surface area contributed by atoms with Crippen LogP contribution in [0.2, 0.25) is 5.02 Å². The molecule has 1 aromatic rings. The van der Waals surface area contributed by atoms with E-state index in [0.29, 0.717) is 12.6 Å². The molecule has 1 saturated carbocycles. The van der Waals surface area contributed by atoms with E-state index in [1.807, 2.05) is 24.3 Å². The molecule has 0 atom stereocenters. The smallest absolute Gasteiger partial charge is 0.326 e. The summed E-state index contributed by atoms with van der Waals surface area (Å²) in [5.41, 5.74) is 0.607. The fourth-order valence-corrected chi connectivity index (χ4v) is 5.41. The van der Waals surface area contributed by atoms with E-state index in [0.717, 1.165) is 62.6 Å². The Morgan fingerprint density at radius 1 is 1.07 bits per heavy atom. The van der Waals surface area contributed by atoms with E-state index in [9.17, 15) is 9.59 Å². The maximum absolute atomic E-state index is 13.2. The van der Waals surface area contributed by atoms with Gasteiger partial charge in [-0.25, -0.2) is 9.69 Å². The molecule has 2 saturated heterocycles. The third-order valence-electron chi connectivity index (χ3n) is 7.22. The van der Waals surface area contributed by atoms with Gasteiger partial charge in [-0.1, -0.05) is 44.5 Å². The fourth-order valence-electron chi connectivity index (χ4n) is 5.16. The summed E-state index contributed by atoms with van der Waals surface area (Å²) in [5.74, 6) is 0.563. The zero-order chi connectivity index (χ0) is 21.5. The Labute approximate surface area is 184 Å². The van der Waals surface area contributed by atoms with Crippen molar-refractivity contribution in [1.82, 2.24) is 15.1 Å². The molecule has 2 aliphatic heterocycles. The first-order chi connectivity index (χ1) is 14.2. The number of rotatable bonds is 3. The van der Waals surface area contributed by atoms with Gasteiger partial charge in [-0.15, -0.1) is 0 Å². The van der Waals surface area contributed by atoms with Crippen LogP contribution in [0.4, 0.5) is 10.5 Å². The number of benzene rings is 1. The van der Waals surface area contributed by atoms with Gasteiger partial charge in [0.15, 0.2) is 0 Å². The number of amides is 3. The van der Waals surface area contributed by atoms with Gasteiger partial charge in [-0.3, -0.25) is 9.69 Å². The number of hydrogen-bond acceptors (Lipinski definition) is 4. The molecule has 6 nitrogen and oxygen atoms in total. The van der Waals surface area contributed by atoms with E-state index in [1.165, 1.54) is 4.90 Å². The Balaban J connectivity index is 1.34. The van der Waals surface area contributed by atoms with Gasteiger partial charge in [-0.2, -0.15) is 0 Å². The number of carbonyl (C=O) groups excluding carboxylic acids is 2. The number of hydrogen-bond donors (Lipinski definition) is 1. The van der Waals surface area contributed by atoms with Crippen LogP contribution in [0.25, 0.3) is 0 Å². The summed E-state index contributed by atoms with van der Waals surface area (Å²) in [6, 6.07) is 7.64. The van der Waals surface area contributed by atoms with Crippen molar-refractivity contribution in [1.29, 1.82) is 0 Å². The van der Waals surface area contributed by atoms with Crippen LogP contribution < -0.4 is 10.2 Å². The molecule has 0 aromatic heterocycles. The van der Waals surface area contributed by atoms with E-state index in [-0.39, 0.29) is 17.4 Å². The van der Waals surface area contributed by atoms with Gasteiger partial charge in [0, 0.05) is 26.2 Å². The highest BCUT2D eigenvalue weighted by atomic mass is 35.5. The number of nitrogens with one attached hydrogen (secondary N) is 1. The van der Waals surface area contributed by atoms with Crippen molar-refractivity contribution >= 4 is 29.2 Å². The summed E-state index contributed by atoms with van der Waals surface area (Å²) in [6.07, 6.45) is 3.46. The summed E-state index contributed by atoms with van der Waals surface area (Å²) in [7, 11) is 0. The Hall–Kier alpha value is -1.79. The van der Waals surface area contributed by atoms with Crippen molar-refractivity contribution in [3.05, 3.63) is 29.3 Å². The second-order valence-electron chi connectivity index (χ2n) is 10.1. The molecule has 0 unspecified atom stereocenters. The zero-order valence-corrected chi connectivity index (χ0v) is 19.0. The number of carbonyl (C=O) groups is 2. The van der Waals surface area contributed by atoms with Crippen LogP contribution in [-0.2, 0) is 4.79 Å². The summed E-state index contributed by atoms with van der Waals surface area (Å²) >= 11 is 6.33. The molecule has 1 N–H and O–H groups in total. The lowest BCUT2D eigenvalue weighted by Gasteiger charge is -2.41. The maximum Gasteiger partial charge on any atom is 0.326 e. The van der Waals surface area contributed by atoms with Crippen molar-refractivity contribution in [2.75, 3.05) is 37.7 Å². The summed E-state index contributed by atoms with van der Waals surface area (Å²) < 4.78 is 0. The Morgan fingerprint density at radius 3 is 2.30 bits per heavy atom. The van der Waals surface area contributed by atoms with Crippen molar-refractivity contribution in [2.45, 2.75) is 52.0 Å². The third-order valence-corrected chi connectivity index (χ3v) is 7.54. The van der Waals surface area contributed by atoms with Crippen molar-refractivity contribution in [2.24, 2.45) is 11.3 Å². The normalized spacial score (nSPS) is 28.3. The minimum atomic E-state index is -0.682. The van der Waals surface area contributed by atoms with Crippen LogP contribution in [0.15, 0.2) is 24.3 Å². The standard InChI is InChI=1S/C23H33ClN4O2/c1-22(2,3)17-8-10-23(11-9-17)20(29)28(21(30)25-23)16-26-12-14-27(15-13-26)19-7-5-4-6-18(19)24/h4-7,17H,8-16H2,1-3H3,(H,25,30). The number of anilines is 1. The Bertz CT molecular complexity index is 806. The molecule has 30 heavy (non-hydrogen) atoms. The second kappa shape index (κ2) is 8.04. The molecule has 2 heterocycles. The van der Waals surface area contributed by atoms with Crippen LogP contribution in [0.5, 0.6) is 0 Å². The highest BCUT2D eigenvalue weighted by molar-refractivity contribution is 6.33. The highest BCUT2D eigenvalue weighted by Gasteiger charge is 2.53. The third kappa shape index (κ3) is 4.04. The second-order valence-corrected chi connectivity index (χ2v) is 10.5. The number of imide groups is 1. The van der Waals surface area contributed by atoms with Crippen molar-refractivity contribution in [3.63, 3.8) is 0 Å². The Morgan fingerprint density at radius 2 is 1.70 bits per heavy atom. The molecule has 164 valence electrons. The van der Waals surface area contributed by atoms with Crippen LogP contribution >= 0.6 is 11.6 Å². The minimum Gasteiger partial charge on any atom is -0.368 e. The highest BCUT2D eigenvalue weighted by Crippen LogP contribution is 2.43. The van der Waals surface area contributed by atoms with Crippen LogP contribution in [0.3, 0.4) is 0 Å². The molecule has 1 aliphatic carbocycles. The molecule has 7 heteroatoms. The van der Waals surface area contributed by atoms with Crippen LogP contribution in [-0.4, -0.2) is 60.1 Å². The molecule has 3 amide bonds. The minimum absolute atomic E-state index is 0.0339. The molecule has 1 aromatic carbocycles. The summed E-state index contributed by atoms with van der Waals surface area (Å²) in [4.78, 5) is 31.8. The molecule has 3 fully saturated rings. The first-order valence-electron chi connectivity index (χ1n) is 11.1. The number of urea groups is 1.